The number of aryl methyl sites for hydroxylation is 1. The van der Waals surface area contributed by atoms with Crippen LogP contribution in [0.3, 0.4) is 0 Å². The molecule has 0 fully saturated rings. The molecule has 0 aliphatic carbocycles. The molecule has 0 amide bonds. The van der Waals surface area contributed by atoms with E-state index in [1.54, 1.807) is 11.3 Å². The maximum atomic E-state index is 4.59. The van der Waals surface area contributed by atoms with Crippen LogP contribution in [0.1, 0.15) is 18.4 Å². The van der Waals surface area contributed by atoms with Crippen LogP contribution in [0.4, 0.5) is 5.69 Å². The largest absolute Gasteiger partial charge is 0.385 e. The molecular weight excluding hydrogens is 194 g/mol. The lowest BCUT2D eigenvalue weighted by Crippen LogP contribution is -1.90. The van der Waals surface area contributed by atoms with E-state index in [0.29, 0.717) is 0 Å². The predicted molar refractivity (Wildman–Crippen MR) is 61.0 cm³/mol. The molecule has 0 saturated heterocycles. The second-order valence-corrected chi connectivity index (χ2v) is 4.26. The molecule has 74 valence electrons. The van der Waals surface area contributed by atoms with E-state index in [-0.39, 0.29) is 0 Å². The summed E-state index contributed by atoms with van der Waals surface area (Å²) in [5.74, 6) is 0. The Labute approximate surface area is 87.2 Å². The average Bonchev–Trinajstić information content (AvgIpc) is 2.60. The number of nitrogens with zero attached hydrogens (tertiary/aromatic N) is 2. The van der Waals surface area contributed by atoms with Crippen molar-refractivity contribution in [2.24, 2.45) is 0 Å². The van der Waals surface area contributed by atoms with E-state index in [1.165, 1.54) is 9.71 Å². The number of thiazole rings is 1. The number of aromatic nitrogens is 2. The number of pyridine rings is 1. The Bertz CT molecular complexity index is 436. The van der Waals surface area contributed by atoms with Gasteiger partial charge in [-0.1, -0.05) is 6.92 Å². The Morgan fingerprint density at radius 2 is 2.29 bits per heavy atom. The van der Waals surface area contributed by atoms with E-state index in [4.69, 9.17) is 0 Å². The minimum Gasteiger partial charge on any atom is -0.385 e. The van der Waals surface area contributed by atoms with E-state index in [2.05, 4.69) is 22.2 Å². The van der Waals surface area contributed by atoms with Crippen molar-refractivity contribution in [2.45, 2.75) is 19.8 Å². The fraction of sp³-hybridized carbons (Fsp3) is 0.400. The van der Waals surface area contributed by atoms with Crippen LogP contribution in [0.25, 0.3) is 10.2 Å². The molecule has 14 heavy (non-hydrogen) atoms. The van der Waals surface area contributed by atoms with Crippen molar-refractivity contribution in [3.8, 4) is 0 Å². The number of fused-ring (bicyclic) bond motifs is 1. The first kappa shape index (κ1) is 9.40. The van der Waals surface area contributed by atoms with Crippen LogP contribution in [-0.2, 0) is 6.42 Å². The van der Waals surface area contributed by atoms with Crippen molar-refractivity contribution < 1.29 is 0 Å². The zero-order valence-corrected chi connectivity index (χ0v) is 9.19. The lowest BCUT2D eigenvalue weighted by Gasteiger charge is -1.97. The lowest BCUT2D eigenvalue weighted by atomic mass is 10.3. The third-order valence-corrected chi connectivity index (χ3v) is 3.13. The van der Waals surface area contributed by atoms with Crippen LogP contribution in [0.15, 0.2) is 12.4 Å². The van der Waals surface area contributed by atoms with Crippen molar-refractivity contribution in [3.63, 3.8) is 0 Å². The number of anilines is 1. The van der Waals surface area contributed by atoms with Crippen LogP contribution in [-0.4, -0.2) is 17.0 Å². The molecule has 0 atom stereocenters. The fourth-order valence-electron chi connectivity index (χ4n) is 1.40. The Balaban J connectivity index is 2.52. The van der Waals surface area contributed by atoms with Gasteiger partial charge in [0.05, 0.1) is 21.6 Å². The van der Waals surface area contributed by atoms with Gasteiger partial charge >= 0.3 is 0 Å². The van der Waals surface area contributed by atoms with Crippen molar-refractivity contribution in [2.75, 3.05) is 12.4 Å². The maximum Gasteiger partial charge on any atom is 0.108 e. The summed E-state index contributed by atoms with van der Waals surface area (Å²) in [6.07, 6.45) is 5.90. The summed E-state index contributed by atoms with van der Waals surface area (Å²) in [6.45, 7) is 2.17. The van der Waals surface area contributed by atoms with E-state index in [0.717, 1.165) is 24.0 Å². The summed E-state index contributed by atoms with van der Waals surface area (Å²) < 4.78 is 1.17. The van der Waals surface area contributed by atoms with E-state index in [9.17, 15) is 0 Å². The molecule has 4 heteroatoms. The molecule has 0 unspecified atom stereocenters. The van der Waals surface area contributed by atoms with E-state index in [1.807, 2.05) is 19.4 Å². The van der Waals surface area contributed by atoms with Crippen molar-refractivity contribution in [3.05, 3.63) is 17.4 Å². The highest BCUT2D eigenvalue weighted by Gasteiger charge is 2.06. The number of nitrogens with one attached hydrogen (secondary N) is 1. The molecule has 0 aromatic carbocycles. The molecule has 0 radical (unpaired) electrons. The third-order valence-electron chi connectivity index (χ3n) is 2.08. The Hall–Kier alpha value is -1.16. The molecule has 2 rings (SSSR count). The van der Waals surface area contributed by atoms with Crippen molar-refractivity contribution >= 4 is 27.2 Å². The zero-order valence-electron chi connectivity index (χ0n) is 8.37. The smallest absolute Gasteiger partial charge is 0.108 e. The molecule has 2 aromatic heterocycles. The molecule has 3 nitrogen and oxygen atoms in total. The molecular formula is C10H13N3S. The Kier molecular flexibility index (Phi) is 2.63. The standard InChI is InChI=1S/C10H13N3S/c1-3-4-9-13-10-7(11-2)5-12-6-8(10)14-9/h5-6,11H,3-4H2,1-2H3. The molecule has 0 saturated carbocycles. The summed E-state index contributed by atoms with van der Waals surface area (Å²) in [5, 5.41) is 4.31. The normalized spacial score (nSPS) is 10.7. The highest BCUT2D eigenvalue weighted by molar-refractivity contribution is 7.18. The van der Waals surface area contributed by atoms with Gasteiger partial charge in [0, 0.05) is 13.2 Å². The van der Waals surface area contributed by atoms with Gasteiger partial charge in [0.2, 0.25) is 0 Å². The minimum absolute atomic E-state index is 1.01. The number of hydrogen-bond acceptors (Lipinski definition) is 4. The van der Waals surface area contributed by atoms with Gasteiger partial charge in [0.1, 0.15) is 5.52 Å². The molecule has 1 N–H and O–H groups in total. The van der Waals surface area contributed by atoms with Crippen LogP contribution < -0.4 is 5.32 Å². The lowest BCUT2D eigenvalue weighted by molar-refractivity contribution is 0.913. The number of hydrogen-bond donors (Lipinski definition) is 1. The van der Waals surface area contributed by atoms with Crippen LogP contribution >= 0.6 is 11.3 Å². The molecule has 0 bridgehead atoms. The zero-order chi connectivity index (χ0) is 9.97. The predicted octanol–water partition coefficient (Wildman–Crippen LogP) is 2.69. The highest BCUT2D eigenvalue weighted by Crippen LogP contribution is 2.27. The van der Waals surface area contributed by atoms with Gasteiger partial charge in [-0.25, -0.2) is 4.98 Å². The monoisotopic (exact) mass is 207 g/mol. The average molecular weight is 207 g/mol. The maximum absolute atomic E-state index is 4.59. The summed E-state index contributed by atoms with van der Waals surface area (Å²) in [6, 6.07) is 0. The molecule has 2 aromatic rings. The summed E-state index contributed by atoms with van der Waals surface area (Å²) in [7, 11) is 1.90. The second kappa shape index (κ2) is 3.92. The molecule has 0 spiro atoms. The van der Waals surface area contributed by atoms with Crippen molar-refractivity contribution in [1.82, 2.24) is 9.97 Å². The van der Waals surface area contributed by atoms with Gasteiger partial charge in [0.15, 0.2) is 0 Å². The third kappa shape index (κ3) is 1.57. The summed E-state index contributed by atoms with van der Waals surface area (Å²) in [4.78, 5) is 8.75. The Morgan fingerprint density at radius 3 is 3.00 bits per heavy atom. The van der Waals surface area contributed by atoms with Gasteiger partial charge < -0.3 is 5.32 Å². The summed E-state index contributed by atoms with van der Waals surface area (Å²) >= 11 is 1.74. The minimum atomic E-state index is 1.01. The quantitative estimate of drug-likeness (QED) is 0.840. The molecule has 0 aliphatic rings. The Morgan fingerprint density at radius 1 is 1.43 bits per heavy atom. The van der Waals surface area contributed by atoms with E-state index >= 15 is 0 Å². The van der Waals surface area contributed by atoms with Gasteiger partial charge in [-0.3, -0.25) is 4.98 Å². The highest BCUT2D eigenvalue weighted by atomic mass is 32.1. The van der Waals surface area contributed by atoms with Gasteiger partial charge in [-0.2, -0.15) is 0 Å². The topological polar surface area (TPSA) is 37.8 Å². The first-order valence-corrected chi connectivity index (χ1v) is 5.58. The van der Waals surface area contributed by atoms with Crippen molar-refractivity contribution in [1.29, 1.82) is 0 Å². The SMILES string of the molecule is CCCc1nc2c(NC)cncc2s1. The van der Waals surface area contributed by atoms with Gasteiger partial charge in [-0.05, 0) is 12.8 Å². The van der Waals surface area contributed by atoms with Crippen LogP contribution in [0, 0.1) is 0 Å². The van der Waals surface area contributed by atoms with Gasteiger partial charge in [-0.15, -0.1) is 11.3 Å². The molecule has 2 heterocycles. The second-order valence-electron chi connectivity index (χ2n) is 3.14. The first-order valence-electron chi connectivity index (χ1n) is 4.76. The fourth-order valence-corrected chi connectivity index (χ4v) is 2.47. The number of rotatable bonds is 3. The summed E-state index contributed by atoms with van der Waals surface area (Å²) in [5.41, 5.74) is 2.07. The molecule has 0 aliphatic heterocycles. The van der Waals surface area contributed by atoms with E-state index < -0.39 is 0 Å². The first-order chi connectivity index (χ1) is 6.85. The van der Waals surface area contributed by atoms with Gasteiger partial charge in [0.25, 0.3) is 0 Å². The van der Waals surface area contributed by atoms with Crippen LogP contribution in [0.2, 0.25) is 0 Å². The van der Waals surface area contributed by atoms with Crippen LogP contribution in [0.5, 0.6) is 0 Å².